The third-order valence-corrected chi connectivity index (χ3v) is 6.73. The van der Waals surface area contributed by atoms with Gasteiger partial charge in [-0.25, -0.2) is 19.2 Å². The molecule has 176 valence electrons. The number of benzene rings is 1. The van der Waals surface area contributed by atoms with Crippen molar-refractivity contribution in [3.63, 3.8) is 0 Å². The minimum Gasteiger partial charge on any atom is -0.353 e. The number of anilines is 3. The van der Waals surface area contributed by atoms with E-state index in [2.05, 4.69) is 22.0 Å². The van der Waals surface area contributed by atoms with E-state index in [4.69, 9.17) is 21.6 Å². The van der Waals surface area contributed by atoms with E-state index in [0.717, 1.165) is 55.6 Å². The molecular weight excluding hydrogens is 451 g/mol. The molecule has 0 aliphatic carbocycles. The number of halogens is 1. The summed E-state index contributed by atoms with van der Waals surface area (Å²) in [4.78, 5) is 17.4. The zero-order valence-electron chi connectivity index (χ0n) is 18.4. The van der Waals surface area contributed by atoms with Crippen molar-refractivity contribution < 1.29 is 4.39 Å². The van der Waals surface area contributed by atoms with Crippen LogP contribution in [-0.2, 0) is 6.42 Å². The first kappa shape index (κ1) is 23.6. The largest absolute Gasteiger partial charge is 0.353 e. The van der Waals surface area contributed by atoms with Crippen molar-refractivity contribution in [3.05, 3.63) is 59.3 Å². The van der Waals surface area contributed by atoms with Gasteiger partial charge in [0.1, 0.15) is 11.6 Å². The van der Waals surface area contributed by atoms with Crippen LogP contribution in [0.1, 0.15) is 20.0 Å². The SMILES string of the molecule is C.[C-]#[N+]c1sc(N(C)c2c(CC)nc3ccc(N4CCNCC4)nn23)nc1-c1ccc(F)cc1. The molecule has 5 rings (SSSR count). The van der Waals surface area contributed by atoms with Crippen LogP contribution in [0.3, 0.4) is 0 Å². The summed E-state index contributed by atoms with van der Waals surface area (Å²) in [5.41, 5.74) is 2.95. The lowest BCUT2D eigenvalue weighted by Crippen LogP contribution is -2.44. The highest BCUT2D eigenvalue weighted by atomic mass is 32.1. The van der Waals surface area contributed by atoms with Crippen molar-refractivity contribution in [3.8, 4) is 11.3 Å². The predicted octanol–water partition coefficient (Wildman–Crippen LogP) is 4.92. The molecule has 3 aromatic heterocycles. The molecule has 8 nitrogen and oxygen atoms in total. The van der Waals surface area contributed by atoms with Gasteiger partial charge in [-0.3, -0.25) is 0 Å². The molecular formula is C24H27FN8S. The minimum absolute atomic E-state index is 0. The molecule has 34 heavy (non-hydrogen) atoms. The summed E-state index contributed by atoms with van der Waals surface area (Å²) in [7, 11) is 1.92. The maximum absolute atomic E-state index is 13.4. The first-order valence-corrected chi connectivity index (χ1v) is 11.6. The van der Waals surface area contributed by atoms with E-state index in [1.165, 1.54) is 23.5 Å². The lowest BCUT2D eigenvalue weighted by Gasteiger charge is -2.28. The number of aromatic nitrogens is 4. The van der Waals surface area contributed by atoms with E-state index in [9.17, 15) is 4.39 Å². The van der Waals surface area contributed by atoms with Crippen LogP contribution in [0.15, 0.2) is 36.4 Å². The predicted molar refractivity (Wildman–Crippen MR) is 136 cm³/mol. The Kier molecular flexibility index (Phi) is 6.77. The van der Waals surface area contributed by atoms with Gasteiger partial charge < -0.3 is 15.1 Å². The van der Waals surface area contributed by atoms with Gasteiger partial charge in [0.2, 0.25) is 0 Å². The lowest BCUT2D eigenvalue weighted by atomic mass is 10.1. The Hall–Kier alpha value is -3.55. The normalized spacial score (nSPS) is 13.5. The molecule has 0 bridgehead atoms. The van der Waals surface area contributed by atoms with Crippen molar-refractivity contribution in [2.24, 2.45) is 0 Å². The second-order valence-electron chi connectivity index (χ2n) is 7.76. The molecule has 4 heterocycles. The van der Waals surface area contributed by atoms with Crippen LogP contribution in [-0.4, -0.2) is 52.8 Å². The summed E-state index contributed by atoms with van der Waals surface area (Å²) >= 11 is 1.30. The molecule has 0 spiro atoms. The summed E-state index contributed by atoms with van der Waals surface area (Å²) in [5.74, 6) is 1.42. The van der Waals surface area contributed by atoms with Gasteiger partial charge >= 0.3 is 0 Å². The van der Waals surface area contributed by atoms with Crippen LogP contribution in [0, 0.1) is 12.4 Å². The highest BCUT2D eigenvalue weighted by molar-refractivity contribution is 7.20. The van der Waals surface area contributed by atoms with Crippen molar-refractivity contribution in [2.45, 2.75) is 20.8 Å². The number of thiazole rings is 1. The second-order valence-corrected chi connectivity index (χ2v) is 8.72. The molecule has 1 fully saturated rings. The average molecular weight is 479 g/mol. The molecule has 0 amide bonds. The van der Waals surface area contributed by atoms with Gasteiger partial charge in [0.15, 0.2) is 16.6 Å². The molecule has 0 saturated carbocycles. The monoisotopic (exact) mass is 478 g/mol. The molecule has 0 unspecified atom stereocenters. The number of nitrogens with one attached hydrogen (secondary N) is 1. The van der Waals surface area contributed by atoms with E-state index in [1.54, 1.807) is 12.1 Å². The summed E-state index contributed by atoms with van der Waals surface area (Å²) < 4.78 is 15.3. The van der Waals surface area contributed by atoms with Crippen molar-refractivity contribution in [1.82, 2.24) is 24.9 Å². The molecule has 1 aliphatic rings. The minimum atomic E-state index is -0.319. The van der Waals surface area contributed by atoms with Crippen LogP contribution in [0.4, 0.5) is 26.2 Å². The quantitative estimate of drug-likeness (QED) is 0.411. The van der Waals surface area contributed by atoms with E-state index in [-0.39, 0.29) is 13.2 Å². The van der Waals surface area contributed by atoms with Crippen LogP contribution in [0.25, 0.3) is 21.7 Å². The fourth-order valence-corrected chi connectivity index (χ4v) is 4.84. The summed E-state index contributed by atoms with van der Waals surface area (Å²) in [6, 6.07) is 10.1. The van der Waals surface area contributed by atoms with Gasteiger partial charge in [-0.15, -0.1) is 16.4 Å². The number of imidazole rings is 1. The Morgan fingerprint density at radius 2 is 1.88 bits per heavy atom. The molecule has 1 aromatic carbocycles. The van der Waals surface area contributed by atoms with Gasteiger partial charge in [0.25, 0.3) is 5.00 Å². The van der Waals surface area contributed by atoms with Crippen molar-refractivity contribution in [1.29, 1.82) is 0 Å². The smallest absolute Gasteiger partial charge is 0.270 e. The van der Waals surface area contributed by atoms with Crippen LogP contribution >= 0.6 is 11.3 Å². The molecule has 1 N–H and O–H groups in total. The molecule has 0 atom stereocenters. The first-order valence-electron chi connectivity index (χ1n) is 10.8. The van der Waals surface area contributed by atoms with E-state index < -0.39 is 0 Å². The van der Waals surface area contributed by atoms with Crippen molar-refractivity contribution in [2.75, 3.05) is 43.0 Å². The third kappa shape index (κ3) is 4.20. The van der Waals surface area contributed by atoms with Crippen LogP contribution in [0.2, 0.25) is 0 Å². The number of hydrogen-bond acceptors (Lipinski definition) is 7. The molecule has 1 saturated heterocycles. The number of fused-ring (bicyclic) bond motifs is 1. The van der Waals surface area contributed by atoms with E-state index in [1.807, 2.05) is 28.6 Å². The fraction of sp³-hybridized carbons (Fsp3) is 0.333. The maximum atomic E-state index is 13.4. The molecule has 1 aliphatic heterocycles. The molecule has 0 radical (unpaired) electrons. The van der Waals surface area contributed by atoms with Crippen molar-refractivity contribution >= 4 is 38.8 Å². The average Bonchev–Trinajstić information content (AvgIpc) is 3.46. The molecule has 10 heteroatoms. The topological polar surface area (TPSA) is 66.0 Å². The zero-order chi connectivity index (χ0) is 22.9. The van der Waals surface area contributed by atoms with Gasteiger partial charge in [0.05, 0.1) is 18.0 Å². The third-order valence-electron chi connectivity index (χ3n) is 5.71. The Morgan fingerprint density at radius 1 is 1.15 bits per heavy atom. The highest BCUT2D eigenvalue weighted by Crippen LogP contribution is 2.42. The van der Waals surface area contributed by atoms with Gasteiger partial charge in [-0.05, 0) is 36.2 Å². The Balaban J connectivity index is 0.00000274. The Bertz CT molecular complexity index is 1330. The standard InChI is InChI=1S/C23H23FN8S.CH4/c1-4-17-22(32-18(27-17)9-10-19(29-32)31-13-11-26-12-14-31)30(3)23-28-20(21(25-2)33-23)15-5-7-16(24)8-6-15;/h5-10,26H,4,11-14H2,1,3H3;1H4. The number of aryl methyl sites for hydroxylation is 1. The summed E-state index contributed by atoms with van der Waals surface area (Å²) in [6.45, 7) is 13.4. The number of nitrogens with zero attached hydrogens (tertiary/aromatic N) is 7. The Labute approximate surface area is 202 Å². The van der Waals surface area contributed by atoms with Gasteiger partial charge in [0, 0.05) is 33.2 Å². The zero-order valence-corrected chi connectivity index (χ0v) is 19.2. The maximum Gasteiger partial charge on any atom is 0.270 e. The molecule has 4 aromatic rings. The number of rotatable bonds is 5. The first-order chi connectivity index (χ1) is 16.1. The van der Waals surface area contributed by atoms with E-state index in [0.29, 0.717) is 21.4 Å². The fourth-order valence-electron chi connectivity index (χ4n) is 4.00. The summed E-state index contributed by atoms with van der Waals surface area (Å²) in [6.07, 6.45) is 0.734. The number of piperazine rings is 1. The highest BCUT2D eigenvalue weighted by Gasteiger charge is 2.23. The Morgan fingerprint density at radius 3 is 2.56 bits per heavy atom. The van der Waals surface area contributed by atoms with E-state index >= 15 is 0 Å². The van der Waals surface area contributed by atoms with Crippen LogP contribution < -0.4 is 15.1 Å². The van der Waals surface area contributed by atoms with Gasteiger partial charge in [-0.1, -0.05) is 26.5 Å². The van der Waals surface area contributed by atoms with Gasteiger partial charge in [-0.2, -0.15) is 4.52 Å². The number of hydrogen-bond donors (Lipinski definition) is 1. The summed E-state index contributed by atoms with van der Waals surface area (Å²) in [5, 5.41) is 9.40. The second kappa shape index (κ2) is 9.75. The van der Waals surface area contributed by atoms with Crippen LogP contribution in [0.5, 0.6) is 0 Å². The lowest BCUT2D eigenvalue weighted by molar-refractivity contribution is 0.581.